The Kier molecular flexibility index (Phi) is 7.59. The number of carbonyl (C=O) groups excluding carboxylic acids is 1. The Morgan fingerprint density at radius 2 is 1.82 bits per heavy atom. The van der Waals surface area contributed by atoms with Crippen molar-refractivity contribution in [2.24, 2.45) is 5.92 Å². The van der Waals surface area contributed by atoms with E-state index in [4.69, 9.17) is 0 Å². The van der Waals surface area contributed by atoms with E-state index in [1.165, 1.54) is 4.90 Å². The highest BCUT2D eigenvalue weighted by molar-refractivity contribution is 9.10. The zero-order valence-electron chi connectivity index (χ0n) is 13.4. The van der Waals surface area contributed by atoms with Gasteiger partial charge in [0.2, 0.25) is 5.91 Å². The van der Waals surface area contributed by atoms with E-state index in [1.807, 2.05) is 45.0 Å². The first kappa shape index (κ1) is 18.7. The van der Waals surface area contributed by atoms with Crippen molar-refractivity contribution in [1.82, 2.24) is 4.90 Å². The molecule has 0 heterocycles. The molecular weight excluding hydrogens is 346 g/mol. The largest absolute Gasteiger partial charge is 0.480 e. The van der Waals surface area contributed by atoms with Crippen LogP contribution in [0.3, 0.4) is 0 Å². The van der Waals surface area contributed by atoms with Crippen LogP contribution in [-0.2, 0) is 16.1 Å². The van der Waals surface area contributed by atoms with Crippen molar-refractivity contribution < 1.29 is 14.7 Å². The van der Waals surface area contributed by atoms with Crippen LogP contribution in [0.2, 0.25) is 0 Å². The number of carboxylic acids is 1. The van der Waals surface area contributed by atoms with Crippen LogP contribution in [0.25, 0.3) is 0 Å². The molecule has 1 rings (SSSR count). The van der Waals surface area contributed by atoms with Gasteiger partial charge in [-0.3, -0.25) is 4.79 Å². The van der Waals surface area contributed by atoms with Gasteiger partial charge in [0, 0.05) is 17.4 Å². The molecule has 5 heteroatoms. The van der Waals surface area contributed by atoms with Gasteiger partial charge in [0.15, 0.2) is 0 Å². The molecule has 0 bridgehead atoms. The Hall–Kier alpha value is -1.36. The van der Waals surface area contributed by atoms with Crippen molar-refractivity contribution in [3.05, 3.63) is 34.3 Å². The summed E-state index contributed by atoms with van der Waals surface area (Å²) in [4.78, 5) is 25.6. The number of amides is 1. The van der Waals surface area contributed by atoms with Crippen LogP contribution in [0.1, 0.15) is 45.6 Å². The fourth-order valence-corrected chi connectivity index (χ4v) is 2.64. The summed E-state index contributed by atoms with van der Waals surface area (Å²) in [6, 6.07) is 6.81. The molecule has 0 aromatic heterocycles. The summed E-state index contributed by atoms with van der Waals surface area (Å²) in [5.74, 6) is -1.18. The summed E-state index contributed by atoms with van der Waals surface area (Å²) in [6.45, 7) is 6.01. The molecule has 22 heavy (non-hydrogen) atoms. The van der Waals surface area contributed by atoms with Gasteiger partial charge in [0.05, 0.1) is 0 Å². The molecule has 0 unspecified atom stereocenters. The highest BCUT2D eigenvalue weighted by Crippen LogP contribution is 2.19. The minimum atomic E-state index is -0.947. The number of aliphatic carboxylic acids is 1. The van der Waals surface area contributed by atoms with Crippen LogP contribution >= 0.6 is 15.9 Å². The predicted molar refractivity (Wildman–Crippen MR) is 90.5 cm³/mol. The summed E-state index contributed by atoms with van der Waals surface area (Å²) >= 11 is 3.38. The Bertz CT molecular complexity index is 499. The zero-order valence-corrected chi connectivity index (χ0v) is 15.0. The molecule has 1 N–H and O–H groups in total. The van der Waals surface area contributed by atoms with Gasteiger partial charge in [0.1, 0.15) is 6.04 Å². The average Bonchev–Trinajstić information content (AvgIpc) is 2.45. The van der Waals surface area contributed by atoms with Gasteiger partial charge < -0.3 is 10.0 Å². The van der Waals surface area contributed by atoms with E-state index in [1.54, 1.807) is 0 Å². The van der Waals surface area contributed by atoms with Crippen molar-refractivity contribution in [2.45, 2.75) is 52.6 Å². The summed E-state index contributed by atoms with van der Waals surface area (Å²) < 4.78 is 0.957. The number of nitrogens with zero attached hydrogens (tertiary/aromatic N) is 1. The first-order valence-electron chi connectivity index (χ1n) is 7.63. The molecule has 122 valence electrons. The first-order valence-corrected chi connectivity index (χ1v) is 8.42. The van der Waals surface area contributed by atoms with Gasteiger partial charge in [-0.2, -0.15) is 0 Å². The third kappa shape index (κ3) is 5.44. The second kappa shape index (κ2) is 8.93. The second-order valence-electron chi connectivity index (χ2n) is 5.78. The van der Waals surface area contributed by atoms with E-state index in [9.17, 15) is 14.7 Å². The molecule has 0 spiro atoms. The highest BCUT2D eigenvalue weighted by atomic mass is 79.9. The lowest BCUT2D eigenvalue weighted by Crippen LogP contribution is -2.47. The van der Waals surface area contributed by atoms with Crippen LogP contribution in [0.4, 0.5) is 0 Å². The van der Waals surface area contributed by atoms with E-state index in [-0.39, 0.29) is 11.8 Å². The molecule has 0 radical (unpaired) electrons. The Labute approximate surface area is 140 Å². The molecular formula is C17H24BrNO3. The average molecular weight is 370 g/mol. The number of carbonyl (C=O) groups is 2. The third-order valence-electron chi connectivity index (χ3n) is 3.55. The van der Waals surface area contributed by atoms with Gasteiger partial charge in [0.25, 0.3) is 0 Å². The van der Waals surface area contributed by atoms with Gasteiger partial charge in [-0.25, -0.2) is 4.79 Å². The van der Waals surface area contributed by atoms with E-state index in [0.717, 1.165) is 22.9 Å². The first-order chi connectivity index (χ1) is 10.4. The lowest BCUT2D eigenvalue weighted by atomic mass is 10.0. The number of hydrogen-bond donors (Lipinski definition) is 1. The zero-order chi connectivity index (χ0) is 16.7. The molecule has 1 atom stereocenters. The van der Waals surface area contributed by atoms with E-state index >= 15 is 0 Å². The highest BCUT2D eigenvalue weighted by Gasteiger charge is 2.31. The number of carboxylic acid groups (broad SMARTS) is 1. The van der Waals surface area contributed by atoms with Crippen molar-refractivity contribution >= 4 is 27.8 Å². The molecule has 0 saturated carbocycles. The number of hydrogen-bond acceptors (Lipinski definition) is 2. The molecule has 1 aromatic rings. The fraction of sp³-hybridized carbons (Fsp3) is 0.529. The summed E-state index contributed by atoms with van der Waals surface area (Å²) in [5, 5.41) is 9.51. The molecule has 4 nitrogen and oxygen atoms in total. The van der Waals surface area contributed by atoms with Crippen LogP contribution in [0.15, 0.2) is 28.7 Å². The van der Waals surface area contributed by atoms with Gasteiger partial charge in [-0.1, -0.05) is 55.3 Å². The molecule has 0 aliphatic rings. The van der Waals surface area contributed by atoms with Crippen molar-refractivity contribution in [3.8, 4) is 0 Å². The normalized spacial score (nSPS) is 12.2. The van der Waals surface area contributed by atoms with Crippen LogP contribution in [0, 0.1) is 5.92 Å². The van der Waals surface area contributed by atoms with Crippen molar-refractivity contribution in [1.29, 1.82) is 0 Å². The van der Waals surface area contributed by atoms with Crippen LogP contribution in [0.5, 0.6) is 0 Å². The minimum absolute atomic E-state index is 0.0918. The molecule has 0 aliphatic carbocycles. The monoisotopic (exact) mass is 369 g/mol. The smallest absolute Gasteiger partial charge is 0.326 e. The van der Waals surface area contributed by atoms with E-state index in [0.29, 0.717) is 13.0 Å². The van der Waals surface area contributed by atoms with Gasteiger partial charge >= 0.3 is 5.97 Å². The third-order valence-corrected chi connectivity index (χ3v) is 4.08. The Morgan fingerprint density at radius 1 is 1.23 bits per heavy atom. The molecule has 1 aromatic carbocycles. The maximum absolute atomic E-state index is 12.5. The van der Waals surface area contributed by atoms with Crippen molar-refractivity contribution in [3.63, 3.8) is 0 Å². The number of halogens is 1. The number of unbranched alkanes of at least 4 members (excludes halogenated alkanes) is 1. The van der Waals surface area contributed by atoms with E-state index in [2.05, 4.69) is 15.9 Å². The Morgan fingerprint density at radius 3 is 2.27 bits per heavy atom. The molecule has 0 fully saturated rings. The summed E-state index contributed by atoms with van der Waals surface area (Å²) in [7, 11) is 0. The minimum Gasteiger partial charge on any atom is -0.480 e. The van der Waals surface area contributed by atoms with Crippen LogP contribution < -0.4 is 0 Å². The summed E-state index contributed by atoms with van der Waals surface area (Å²) in [5.41, 5.74) is 0.931. The predicted octanol–water partition coefficient (Wildman–Crippen LogP) is 4.08. The Balaban J connectivity index is 3.01. The molecule has 0 saturated heterocycles. The topological polar surface area (TPSA) is 57.6 Å². The number of rotatable bonds is 8. The molecule has 1 amide bonds. The van der Waals surface area contributed by atoms with Gasteiger partial charge in [-0.15, -0.1) is 0 Å². The lowest BCUT2D eigenvalue weighted by molar-refractivity contribution is -0.153. The maximum atomic E-state index is 12.5. The van der Waals surface area contributed by atoms with E-state index < -0.39 is 12.0 Å². The molecule has 0 aliphatic heterocycles. The standard InChI is InChI=1S/C17H24BrNO3/c1-4-5-6-15(20)19(16(12(2)3)17(21)22)11-13-7-9-14(18)10-8-13/h7-10,12,16H,4-6,11H2,1-3H3,(H,21,22)/t16-/m0/s1. The van der Waals surface area contributed by atoms with Gasteiger partial charge in [-0.05, 0) is 30.0 Å². The quantitative estimate of drug-likeness (QED) is 0.750. The summed E-state index contributed by atoms with van der Waals surface area (Å²) in [6.07, 6.45) is 2.08. The lowest BCUT2D eigenvalue weighted by Gasteiger charge is -2.31. The second-order valence-corrected chi connectivity index (χ2v) is 6.69. The van der Waals surface area contributed by atoms with Crippen LogP contribution in [-0.4, -0.2) is 27.9 Å². The fourth-order valence-electron chi connectivity index (χ4n) is 2.38. The SMILES string of the molecule is CCCCC(=O)N(Cc1ccc(Br)cc1)[C@H](C(=O)O)C(C)C. The van der Waals surface area contributed by atoms with Crippen molar-refractivity contribution in [2.75, 3.05) is 0 Å². The number of benzene rings is 1. The maximum Gasteiger partial charge on any atom is 0.326 e.